The van der Waals surface area contributed by atoms with Gasteiger partial charge in [-0.2, -0.15) is 13.2 Å². The summed E-state index contributed by atoms with van der Waals surface area (Å²) in [7, 11) is 0. The maximum Gasteiger partial charge on any atom is 0.401 e. The summed E-state index contributed by atoms with van der Waals surface area (Å²) in [4.78, 5) is 3.89. The minimum absolute atomic E-state index is 0.00162. The van der Waals surface area contributed by atoms with Crippen LogP contribution >= 0.6 is 27.7 Å². The van der Waals surface area contributed by atoms with E-state index in [1.165, 1.54) is 6.20 Å². The van der Waals surface area contributed by atoms with E-state index in [1.807, 2.05) is 0 Å². The summed E-state index contributed by atoms with van der Waals surface area (Å²) in [5.74, 6) is 0. The number of nitrogens with zero attached hydrogens (tertiary/aromatic N) is 1. The maximum atomic E-state index is 12.6. The van der Waals surface area contributed by atoms with Crippen LogP contribution in [0.1, 0.15) is 6.42 Å². The highest BCUT2D eigenvalue weighted by Crippen LogP contribution is 2.38. The highest BCUT2D eigenvalue weighted by atomic mass is 79.9. The number of rotatable bonds is 4. The van der Waals surface area contributed by atoms with Crippen molar-refractivity contribution in [2.75, 3.05) is 6.54 Å². The number of aromatic nitrogens is 1. The predicted molar refractivity (Wildman–Crippen MR) is 61.3 cm³/mol. The molecular formula is C9H10BrF3N2S. The van der Waals surface area contributed by atoms with Gasteiger partial charge in [-0.15, -0.1) is 0 Å². The van der Waals surface area contributed by atoms with Gasteiger partial charge >= 0.3 is 6.18 Å². The molecule has 0 aromatic carbocycles. The first-order chi connectivity index (χ1) is 7.45. The van der Waals surface area contributed by atoms with Gasteiger partial charge in [-0.3, -0.25) is 0 Å². The van der Waals surface area contributed by atoms with Gasteiger partial charge in [0.15, 0.2) is 0 Å². The first kappa shape index (κ1) is 13.8. The van der Waals surface area contributed by atoms with Gasteiger partial charge < -0.3 is 5.73 Å². The van der Waals surface area contributed by atoms with Crippen molar-refractivity contribution in [2.45, 2.75) is 22.9 Å². The summed E-state index contributed by atoms with van der Waals surface area (Å²) in [6, 6.07) is 3.31. The molecule has 0 saturated heterocycles. The molecule has 0 amide bonds. The van der Waals surface area contributed by atoms with Gasteiger partial charge in [0.25, 0.3) is 0 Å². The second-order valence-electron chi connectivity index (χ2n) is 3.02. The Bertz CT molecular complexity index is 346. The Balaban J connectivity index is 2.80. The maximum absolute atomic E-state index is 12.6. The van der Waals surface area contributed by atoms with E-state index in [9.17, 15) is 13.2 Å². The zero-order valence-electron chi connectivity index (χ0n) is 8.17. The van der Waals surface area contributed by atoms with Gasteiger partial charge in [0.1, 0.15) is 10.3 Å². The largest absolute Gasteiger partial charge is 0.401 e. The van der Waals surface area contributed by atoms with Crippen molar-refractivity contribution >= 4 is 27.7 Å². The van der Waals surface area contributed by atoms with Crippen LogP contribution in [-0.4, -0.2) is 23.0 Å². The number of nitrogens with two attached hydrogens (primary N) is 1. The van der Waals surface area contributed by atoms with Gasteiger partial charge in [-0.25, -0.2) is 4.98 Å². The van der Waals surface area contributed by atoms with E-state index in [1.54, 1.807) is 12.1 Å². The summed E-state index contributed by atoms with van der Waals surface area (Å²) in [5.41, 5.74) is 5.17. The summed E-state index contributed by atoms with van der Waals surface area (Å²) in [5, 5.41) is -1.18. The van der Waals surface area contributed by atoms with Crippen molar-refractivity contribution in [3.63, 3.8) is 0 Å². The topological polar surface area (TPSA) is 38.9 Å². The number of pyridine rings is 1. The average Bonchev–Trinajstić information content (AvgIpc) is 2.19. The molecular weight excluding hydrogens is 305 g/mol. The Hall–Kier alpha value is -0.270. The molecule has 0 fully saturated rings. The Morgan fingerprint density at radius 2 is 2.19 bits per heavy atom. The fourth-order valence-corrected chi connectivity index (χ4v) is 2.53. The van der Waals surface area contributed by atoms with Crippen molar-refractivity contribution < 1.29 is 13.2 Å². The van der Waals surface area contributed by atoms with Crippen molar-refractivity contribution in [1.29, 1.82) is 0 Å². The molecule has 1 rings (SSSR count). The number of alkyl halides is 3. The van der Waals surface area contributed by atoms with E-state index in [2.05, 4.69) is 20.9 Å². The van der Waals surface area contributed by atoms with Crippen molar-refractivity contribution in [3.05, 3.63) is 22.8 Å². The van der Waals surface area contributed by atoms with E-state index in [4.69, 9.17) is 5.73 Å². The number of thioether (sulfide) groups is 1. The standard InChI is InChI=1S/C9H10BrF3N2S/c10-6-2-1-5-15-8(6)16-7(3-4-14)9(11,12)13/h1-2,5,7H,3-4,14H2. The summed E-state index contributed by atoms with van der Waals surface area (Å²) in [6.45, 7) is 0.00162. The highest BCUT2D eigenvalue weighted by Gasteiger charge is 2.40. The van der Waals surface area contributed by atoms with Crippen LogP contribution in [0.25, 0.3) is 0 Å². The van der Waals surface area contributed by atoms with E-state index in [-0.39, 0.29) is 13.0 Å². The molecule has 90 valence electrons. The Morgan fingerprint density at radius 3 is 2.69 bits per heavy atom. The lowest BCUT2D eigenvalue weighted by molar-refractivity contribution is -0.129. The fourth-order valence-electron chi connectivity index (χ4n) is 1.03. The molecule has 7 heteroatoms. The number of halogens is 4. The lowest BCUT2D eigenvalue weighted by Crippen LogP contribution is -2.28. The van der Waals surface area contributed by atoms with Gasteiger partial charge in [0.05, 0.1) is 0 Å². The van der Waals surface area contributed by atoms with Gasteiger partial charge in [0.2, 0.25) is 0 Å². The SMILES string of the molecule is NCCC(Sc1ncccc1Br)C(F)(F)F. The molecule has 1 unspecified atom stereocenters. The smallest absolute Gasteiger partial charge is 0.330 e. The molecule has 0 bridgehead atoms. The molecule has 0 radical (unpaired) electrons. The van der Waals surface area contributed by atoms with E-state index in [0.717, 1.165) is 0 Å². The van der Waals surface area contributed by atoms with Crippen LogP contribution in [0.5, 0.6) is 0 Å². The van der Waals surface area contributed by atoms with Gasteiger partial charge in [-0.1, -0.05) is 11.8 Å². The summed E-state index contributed by atoms with van der Waals surface area (Å²) in [6.07, 6.45) is -2.92. The fraction of sp³-hybridized carbons (Fsp3) is 0.444. The summed E-state index contributed by atoms with van der Waals surface area (Å²) >= 11 is 3.84. The average molecular weight is 315 g/mol. The minimum Gasteiger partial charge on any atom is -0.330 e. The van der Waals surface area contributed by atoms with Crippen molar-refractivity contribution in [1.82, 2.24) is 4.98 Å². The van der Waals surface area contributed by atoms with Crippen LogP contribution in [0.4, 0.5) is 13.2 Å². The zero-order chi connectivity index (χ0) is 12.2. The third kappa shape index (κ3) is 3.95. The first-order valence-corrected chi connectivity index (χ1v) is 6.16. The monoisotopic (exact) mass is 314 g/mol. The van der Waals surface area contributed by atoms with Gasteiger partial charge in [-0.05, 0) is 41.0 Å². The lowest BCUT2D eigenvalue weighted by atomic mass is 10.3. The van der Waals surface area contributed by atoms with Crippen molar-refractivity contribution in [2.24, 2.45) is 5.73 Å². The van der Waals surface area contributed by atoms with E-state index < -0.39 is 11.4 Å². The summed E-state index contributed by atoms with van der Waals surface area (Å²) < 4.78 is 38.4. The van der Waals surface area contributed by atoms with E-state index in [0.29, 0.717) is 21.3 Å². The molecule has 1 atom stereocenters. The molecule has 16 heavy (non-hydrogen) atoms. The van der Waals surface area contributed by atoms with Gasteiger partial charge in [0, 0.05) is 10.7 Å². The van der Waals surface area contributed by atoms with Crippen LogP contribution in [0, 0.1) is 0 Å². The predicted octanol–water partition coefficient (Wildman–Crippen LogP) is 3.22. The van der Waals surface area contributed by atoms with Crippen LogP contribution in [-0.2, 0) is 0 Å². The number of hydrogen-bond donors (Lipinski definition) is 1. The molecule has 0 aliphatic rings. The molecule has 1 heterocycles. The van der Waals surface area contributed by atoms with E-state index >= 15 is 0 Å². The van der Waals surface area contributed by atoms with Crippen LogP contribution < -0.4 is 5.73 Å². The van der Waals surface area contributed by atoms with Crippen LogP contribution in [0.2, 0.25) is 0 Å². The van der Waals surface area contributed by atoms with Crippen LogP contribution in [0.15, 0.2) is 27.8 Å². The molecule has 0 aliphatic heterocycles. The third-order valence-corrected chi connectivity index (χ3v) is 4.01. The molecule has 0 spiro atoms. The Morgan fingerprint density at radius 1 is 1.50 bits per heavy atom. The molecule has 0 saturated carbocycles. The molecule has 2 N–H and O–H groups in total. The third-order valence-electron chi connectivity index (χ3n) is 1.77. The second kappa shape index (κ2) is 5.88. The molecule has 0 aliphatic carbocycles. The molecule has 2 nitrogen and oxygen atoms in total. The van der Waals surface area contributed by atoms with Crippen molar-refractivity contribution in [3.8, 4) is 0 Å². The highest BCUT2D eigenvalue weighted by molar-refractivity contribution is 9.10. The quantitative estimate of drug-likeness (QED) is 0.867. The second-order valence-corrected chi connectivity index (χ2v) is 5.06. The first-order valence-electron chi connectivity index (χ1n) is 4.49. The zero-order valence-corrected chi connectivity index (χ0v) is 10.6. The lowest BCUT2D eigenvalue weighted by Gasteiger charge is -2.18. The Kier molecular flexibility index (Phi) is 5.07. The molecule has 1 aromatic rings. The number of hydrogen-bond acceptors (Lipinski definition) is 3. The normalized spacial score (nSPS) is 13.8. The van der Waals surface area contributed by atoms with Crippen LogP contribution in [0.3, 0.4) is 0 Å². The molecule has 1 aromatic heterocycles. The minimum atomic E-state index is -4.26. The Labute approximate surface area is 104 Å².